The lowest BCUT2D eigenvalue weighted by molar-refractivity contribution is -0.188. The molecule has 0 N–H and O–H groups in total. The molecule has 3 rings (SSSR count). The summed E-state index contributed by atoms with van der Waals surface area (Å²) < 4.78 is 17.7. The van der Waals surface area contributed by atoms with E-state index in [9.17, 15) is 19.2 Å². The number of esters is 3. The molecular weight excluding hydrogens is 366 g/mol. The molecule has 0 aromatic carbocycles. The molecule has 2 aliphatic heterocycles. The van der Waals surface area contributed by atoms with Crippen molar-refractivity contribution < 1.29 is 33.4 Å². The minimum atomic E-state index is -1.62. The average Bonchev–Trinajstić information content (AvgIpc) is 3.18. The molecule has 4 atom stereocenters. The van der Waals surface area contributed by atoms with Gasteiger partial charge < -0.3 is 14.2 Å². The highest BCUT2D eigenvalue weighted by atomic mass is 16.6. The van der Waals surface area contributed by atoms with Crippen LogP contribution in [0.4, 0.5) is 0 Å². The number of aromatic nitrogens is 1. The Labute approximate surface area is 162 Å². The Bertz CT molecular complexity index is 883. The van der Waals surface area contributed by atoms with Crippen LogP contribution in [0.1, 0.15) is 56.3 Å². The normalized spacial score (nSPS) is 30.6. The molecule has 0 amide bonds. The van der Waals surface area contributed by atoms with Crippen LogP contribution in [0.2, 0.25) is 0 Å². The first-order chi connectivity index (χ1) is 13.1. The molecule has 3 heterocycles. The smallest absolute Gasteiger partial charge is 0.350 e. The van der Waals surface area contributed by atoms with Gasteiger partial charge in [-0.2, -0.15) is 0 Å². The van der Waals surface area contributed by atoms with Crippen LogP contribution >= 0.6 is 0 Å². The highest BCUT2D eigenvalue weighted by molar-refractivity contribution is 5.91. The Morgan fingerprint density at radius 2 is 2.00 bits per heavy atom. The average molecular weight is 389 g/mol. The largest absolute Gasteiger partial charge is 0.458 e. The second-order valence-corrected chi connectivity index (χ2v) is 7.47. The predicted octanol–water partition coefficient (Wildman–Crippen LogP) is 2.32. The fourth-order valence-corrected chi connectivity index (χ4v) is 3.71. The number of cyclic esters (lactones) is 1. The third kappa shape index (κ3) is 3.12. The van der Waals surface area contributed by atoms with Gasteiger partial charge >= 0.3 is 17.9 Å². The molecule has 0 bridgehead atoms. The van der Waals surface area contributed by atoms with Gasteiger partial charge in [-0.25, -0.2) is 9.59 Å². The van der Waals surface area contributed by atoms with E-state index in [4.69, 9.17) is 14.2 Å². The third-order valence-electron chi connectivity index (χ3n) is 5.75. The summed E-state index contributed by atoms with van der Waals surface area (Å²) in [6.07, 6.45) is 0.812. The summed E-state index contributed by atoms with van der Waals surface area (Å²) in [7, 11) is 0. The molecule has 2 aliphatic rings. The minimum Gasteiger partial charge on any atom is -0.458 e. The monoisotopic (exact) mass is 389 g/mol. The lowest BCUT2D eigenvalue weighted by Gasteiger charge is -2.36. The Hall–Kier alpha value is -2.90. The summed E-state index contributed by atoms with van der Waals surface area (Å²) in [5, 5.41) is 0. The topological polar surface area (TPSA) is 101 Å². The Kier molecular flexibility index (Phi) is 4.91. The maximum atomic E-state index is 12.9. The van der Waals surface area contributed by atoms with Gasteiger partial charge in [0.15, 0.2) is 6.10 Å². The number of nitrogens with zero attached hydrogens (tertiary/aromatic N) is 1. The van der Waals surface area contributed by atoms with Gasteiger partial charge in [0.1, 0.15) is 6.61 Å². The number of ether oxygens (including phenoxy) is 3. The van der Waals surface area contributed by atoms with E-state index in [2.05, 4.69) is 6.58 Å². The van der Waals surface area contributed by atoms with E-state index >= 15 is 0 Å². The van der Waals surface area contributed by atoms with Crippen LogP contribution in [-0.2, 0) is 35.2 Å². The van der Waals surface area contributed by atoms with Crippen molar-refractivity contribution in [2.24, 2.45) is 11.8 Å². The van der Waals surface area contributed by atoms with Gasteiger partial charge in [0.2, 0.25) is 11.5 Å². The van der Waals surface area contributed by atoms with Crippen LogP contribution in [-0.4, -0.2) is 34.0 Å². The molecule has 8 nitrogen and oxygen atoms in total. The molecule has 0 aliphatic carbocycles. The van der Waals surface area contributed by atoms with Crippen molar-refractivity contribution in [2.75, 3.05) is 0 Å². The van der Waals surface area contributed by atoms with Crippen LogP contribution < -0.4 is 0 Å². The zero-order chi connectivity index (χ0) is 20.8. The first kappa shape index (κ1) is 19.9. The van der Waals surface area contributed by atoms with Crippen molar-refractivity contribution in [1.82, 2.24) is 4.57 Å². The number of hydrogen-bond acceptors (Lipinski definition) is 7. The molecule has 0 spiro atoms. The second-order valence-electron chi connectivity index (χ2n) is 7.47. The molecule has 0 saturated heterocycles. The van der Waals surface area contributed by atoms with Crippen LogP contribution in [0.25, 0.3) is 0 Å². The standard InChI is InChI=1S/C20H23NO7/c1-10-11(2)18(24)27-15-8-16(23)21-7-6-14(17(15)21)9-26-19(25)20(5,12(10)3)28-13(4)22/h6-7,10,12,15H,2,8-9H2,1,3-5H3/t10-,12+,15+,20+/m0/s1. The van der Waals surface area contributed by atoms with Gasteiger partial charge in [0.25, 0.3) is 0 Å². The van der Waals surface area contributed by atoms with Gasteiger partial charge in [-0.3, -0.25) is 14.2 Å². The van der Waals surface area contributed by atoms with Crippen LogP contribution in [0.5, 0.6) is 0 Å². The fraction of sp³-hybridized carbons (Fsp3) is 0.500. The summed E-state index contributed by atoms with van der Waals surface area (Å²) in [5.74, 6) is -3.41. The number of hydrogen-bond donors (Lipinski definition) is 0. The van der Waals surface area contributed by atoms with Crippen LogP contribution in [0, 0.1) is 11.8 Å². The van der Waals surface area contributed by atoms with E-state index in [1.807, 2.05) is 0 Å². The van der Waals surface area contributed by atoms with E-state index < -0.39 is 41.4 Å². The lowest BCUT2D eigenvalue weighted by Crippen LogP contribution is -2.49. The molecule has 0 saturated carbocycles. The van der Waals surface area contributed by atoms with E-state index in [1.165, 1.54) is 18.4 Å². The molecule has 0 radical (unpaired) electrons. The van der Waals surface area contributed by atoms with Crippen LogP contribution in [0.3, 0.4) is 0 Å². The Morgan fingerprint density at radius 3 is 2.64 bits per heavy atom. The summed E-state index contributed by atoms with van der Waals surface area (Å²) in [5.41, 5.74) is -0.465. The summed E-state index contributed by atoms with van der Waals surface area (Å²) in [6, 6.07) is 1.64. The predicted molar refractivity (Wildman–Crippen MR) is 95.9 cm³/mol. The van der Waals surface area contributed by atoms with Crippen molar-refractivity contribution >= 4 is 23.8 Å². The van der Waals surface area contributed by atoms with Crippen molar-refractivity contribution in [2.45, 2.75) is 52.4 Å². The van der Waals surface area contributed by atoms with Gasteiger partial charge in [0, 0.05) is 30.2 Å². The molecule has 1 aromatic rings. The SMILES string of the molecule is C=C1C(=O)O[C@@H]2CC(=O)n3ccc(c32)COC(=O)[C@](C)(OC(C)=O)[C@H](C)[C@H]1C. The zero-order valence-corrected chi connectivity index (χ0v) is 16.3. The van der Waals surface area contributed by atoms with Gasteiger partial charge in [0.05, 0.1) is 12.1 Å². The quantitative estimate of drug-likeness (QED) is 0.413. The molecule has 0 fully saturated rings. The third-order valence-corrected chi connectivity index (χ3v) is 5.75. The number of carbonyl (C=O) groups is 4. The molecule has 150 valence electrons. The van der Waals surface area contributed by atoms with E-state index in [1.54, 1.807) is 26.1 Å². The second kappa shape index (κ2) is 6.92. The maximum Gasteiger partial charge on any atom is 0.350 e. The van der Waals surface area contributed by atoms with Crippen molar-refractivity contribution in [3.8, 4) is 0 Å². The Morgan fingerprint density at radius 1 is 1.32 bits per heavy atom. The number of rotatable bonds is 1. The molecule has 0 unspecified atom stereocenters. The Balaban J connectivity index is 2.05. The van der Waals surface area contributed by atoms with E-state index in [-0.39, 0.29) is 24.5 Å². The first-order valence-electron chi connectivity index (χ1n) is 9.06. The molecule has 1 aromatic heterocycles. The molecular formula is C20H23NO7. The van der Waals surface area contributed by atoms with Crippen molar-refractivity contribution in [1.29, 1.82) is 0 Å². The highest BCUT2D eigenvalue weighted by Gasteiger charge is 2.48. The minimum absolute atomic E-state index is 0.0191. The first-order valence-corrected chi connectivity index (χ1v) is 9.06. The van der Waals surface area contributed by atoms with Crippen molar-refractivity contribution in [3.05, 3.63) is 35.7 Å². The van der Waals surface area contributed by atoms with Gasteiger partial charge in [-0.05, 0) is 18.9 Å². The maximum absolute atomic E-state index is 12.9. The number of carbonyl (C=O) groups excluding carboxylic acids is 4. The highest BCUT2D eigenvalue weighted by Crippen LogP contribution is 2.38. The van der Waals surface area contributed by atoms with Crippen LogP contribution in [0.15, 0.2) is 24.4 Å². The molecule has 28 heavy (non-hydrogen) atoms. The zero-order valence-electron chi connectivity index (χ0n) is 16.3. The summed E-state index contributed by atoms with van der Waals surface area (Å²) in [6.45, 7) is 9.71. The summed E-state index contributed by atoms with van der Waals surface area (Å²) in [4.78, 5) is 49.4. The van der Waals surface area contributed by atoms with Gasteiger partial charge in [-0.15, -0.1) is 0 Å². The molecule has 8 heteroatoms. The fourth-order valence-electron chi connectivity index (χ4n) is 3.71. The van der Waals surface area contributed by atoms with Crippen molar-refractivity contribution in [3.63, 3.8) is 0 Å². The summed E-state index contributed by atoms with van der Waals surface area (Å²) >= 11 is 0. The lowest BCUT2D eigenvalue weighted by atomic mass is 9.77. The van der Waals surface area contributed by atoms with Gasteiger partial charge in [-0.1, -0.05) is 20.4 Å². The van der Waals surface area contributed by atoms with E-state index in [0.717, 1.165) is 0 Å². The van der Waals surface area contributed by atoms with E-state index in [0.29, 0.717) is 11.3 Å².